The van der Waals surface area contributed by atoms with Gasteiger partial charge in [0.25, 0.3) is 0 Å². The highest BCUT2D eigenvalue weighted by molar-refractivity contribution is 6.38. The topological polar surface area (TPSA) is 56.5 Å². The summed E-state index contributed by atoms with van der Waals surface area (Å²) in [5, 5.41) is 0.694. The number of hydrogen-bond acceptors (Lipinski definition) is 4. The van der Waals surface area contributed by atoms with E-state index >= 15 is 0 Å². The molecule has 0 bridgehead atoms. The number of Topliss-reactive ketones (excluding diaryl/α,β-unsaturated/α-hetero) is 1. The van der Waals surface area contributed by atoms with Crippen molar-refractivity contribution < 1.29 is 13.9 Å². The summed E-state index contributed by atoms with van der Waals surface area (Å²) in [5.41, 5.74) is 0.867. The highest BCUT2D eigenvalue weighted by atomic mass is 35.5. The summed E-state index contributed by atoms with van der Waals surface area (Å²) in [6, 6.07) is 20.8. The van der Waals surface area contributed by atoms with E-state index < -0.39 is 11.5 Å². The van der Waals surface area contributed by atoms with E-state index in [-0.39, 0.29) is 33.3 Å². The number of fused-ring (bicyclic) bond motifs is 1. The van der Waals surface area contributed by atoms with E-state index in [1.807, 2.05) is 24.3 Å². The average Bonchev–Trinajstić information content (AvgIpc) is 2.76. The second kappa shape index (κ2) is 8.34. The standard InChI is InChI=1S/C24H16Cl2O4/c1-14(20(27)15-8-4-2-5-9-15)29-24-21(28)18-12-17(25)13-19(26)23(18)30-22(24)16-10-6-3-7-11-16/h2-14H,1H3. The van der Waals surface area contributed by atoms with Crippen molar-refractivity contribution >= 4 is 40.0 Å². The number of ether oxygens (including phenoxy) is 1. The van der Waals surface area contributed by atoms with E-state index in [9.17, 15) is 9.59 Å². The van der Waals surface area contributed by atoms with Crippen molar-refractivity contribution in [3.8, 4) is 17.1 Å². The summed E-state index contributed by atoms with van der Waals surface area (Å²) < 4.78 is 11.9. The van der Waals surface area contributed by atoms with Crippen LogP contribution in [-0.4, -0.2) is 11.9 Å². The fourth-order valence-corrected chi connectivity index (χ4v) is 3.69. The fourth-order valence-electron chi connectivity index (χ4n) is 3.16. The highest BCUT2D eigenvalue weighted by Gasteiger charge is 2.24. The van der Waals surface area contributed by atoms with Gasteiger partial charge in [0.05, 0.1) is 10.4 Å². The molecule has 4 aromatic rings. The largest absolute Gasteiger partial charge is 0.475 e. The van der Waals surface area contributed by atoms with Crippen LogP contribution in [0.15, 0.2) is 82.0 Å². The molecule has 0 fully saturated rings. The number of benzene rings is 3. The number of hydrogen-bond donors (Lipinski definition) is 0. The number of carbonyl (C=O) groups is 1. The quantitative estimate of drug-likeness (QED) is 0.337. The fraction of sp³-hybridized carbons (Fsp3) is 0.0833. The lowest BCUT2D eigenvalue weighted by atomic mass is 10.1. The molecule has 0 radical (unpaired) electrons. The molecule has 30 heavy (non-hydrogen) atoms. The minimum atomic E-state index is -0.912. The normalized spacial score (nSPS) is 12.0. The van der Waals surface area contributed by atoms with Crippen LogP contribution in [0.2, 0.25) is 10.0 Å². The van der Waals surface area contributed by atoms with Gasteiger partial charge in [0, 0.05) is 16.1 Å². The van der Waals surface area contributed by atoms with Crippen LogP contribution in [0, 0.1) is 0 Å². The third-order valence-electron chi connectivity index (χ3n) is 4.63. The first kappa shape index (κ1) is 20.2. The van der Waals surface area contributed by atoms with Crippen LogP contribution >= 0.6 is 23.2 Å². The average molecular weight is 439 g/mol. The Bertz CT molecular complexity index is 1280. The Morgan fingerprint density at radius 3 is 2.27 bits per heavy atom. The van der Waals surface area contributed by atoms with E-state index in [1.165, 1.54) is 12.1 Å². The van der Waals surface area contributed by atoms with Crippen LogP contribution in [0.5, 0.6) is 5.75 Å². The van der Waals surface area contributed by atoms with Gasteiger partial charge in [-0.3, -0.25) is 9.59 Å². The third kappa shape index (κ3) is 3.84. The van der Waals surface area contributed by atoms with E-state index in [0.29, 0.717) is 16.1 Å². The Labute approximate surface area is 182 Å². The van der Waals surface area contributed by atoms with Crippen LogP contribution < -0.4 is 10.2 Å². The summed E-state index contributed by atoms with van der Waals surface area (Å²) in [7, 11) is 0. The molecule has 1 heterocycles. The Morgan fingerprint density at radius 1 is 0.967 bits per heavy atom. The monoisotopic (exact) mass is 438 g/mol. The van der Waals surface area contributed by atoms with Gasteiger partial charge in [-0.2, -0.15) is 0 Å². The molecule has 150 valence electrons. The summed E-state index contributed by atoms with van der Waals surface area (Å²) in [4.78, 5) is 26.1. The summed E-state index contributed by atoms with van der Waals surface area (Å²) in [6.45, 7) is 1.60. The summed E-state index contributed by atoms with van der Waals surface area (Å²) in [6.07, 6.45) is -0.912. The van der Waals surface area contributed by atoms with E-state index in [1.54, 1.807) is 43.3 Å². The van der Waals surface area contributed by atoms with Crippen LogP contribution in [0.25, 0.3) is 22.3 Å². The number of carbonyl (C=O) groups excluding carboxylic acids is 1. The predicted octanol–water partition coefficient (Wildman–Crippen LogP) is 6.42. The SMILES string of the molecule is CC(Oc1c(-c2ccccc2)oc2c(Cl)cc(Cl)cc2c1=O)C(=O)c1ccccc1. The zero-order valence-corrected chi connectivity index (χ0v) is 17.4. The van der Waals surface area contributed by atoms with E-state index in [4.69, 9.17) is 32.4 Å². The van der Waals surface area contributed by atoms with Crippen molar-refractivity contribution in [2.24, 2.45) is 0 Å². The van der Waals surface area contributed by atoms with Gasteiger partial charge < -0.3 is 9.15 Å². The Hall–Kier alpha value is -3.08. The third-order valence-corrected chi connectivity index (χ3v) is 5.13. The van der Waals surface area contributed by atoms with Crippen molar-refractivity contribution in [2.45, 2.75) is 13.0 Å². The Kier molecular flexibility index (Phi) is 5.62. The summed E-state index contributed by atoms with van der Waals surface area (Å²) in [5.74, 6) is -0.118. The lowest BCUT2D eigenvalue weighted by molar-refractivity contribution is 0.0815. The molecule has 1 aromatic heterocycles. The first-order valence-corrected chi connectivity index (χ1v) is 9.98. The van der Waals surface area contributed by atoms with Crippen molar-refractivity contribution in [2.75, 3.05) is 0 Å². The smallest absolute Gasteiger partial charge is 0.235 e. The molecule has 0 saturated carbocycles. The summed E-state index contributed by atoms with van der Waals surface area (Å²) >= 11 is 12.4. The van der Waals surface area contributed by atoms with E-state index in [0.717, 1.165) is 0 Å². The van der Waals surface area contributed by atoms with Crippen LogP contribution in [0.1, 0.15) is 17.3 Å². The van der Waals surface area contributed by atoms with Crippen molar-refractivity contribution in [1.29, 1.82) is 0 Å². The maximum atomic E-state index is 13.3. The zero-order valence-electron chi connectivity index (χ0n) is 15.9. The van der Waals surface area contributed by atoms with Crippen LogP contribution in [0.3, 0.4) is 0 Å². The molecule has 4 rings (SSSR count). The predicted molar refractivity (Wildman–Crippen MR) is 119 cm³/mol. The highest BCUT2D eigenvalue weighted by Crippen LogP contribution is 2.35. The first-order valence-electron chi connectivity index (χ1n) is 9.23. The van der Waals surface area contributed by atoms with Crippen molar-refractivity contribution in [1.82, 2.24) is 0 Å². The molecule has 0 spiro atoms. The molecule has 0 saturated heterocycles. The van der Waals surface area contributed by atoms with Gasteiger partial charge in [-0.1, -0.05) is 83.9 Å². The lowest BCUT2D eigenvalue weighted by Gasteiger charge is -2.16. The minimum Gasteiger partial charge on any atom is -0.475 e. The molecule has 0 aliphatic heterocycles. The molecule has 1 atom stereocenters. The van der Waals surface area contributed by atoms with Gasteiger partial charge in [0.2, 0.25) is 17.0 Å². The second-order valence-electron chi connectivity index (χ2n) is 6.71. The molecule has 4 nitrogen and oxygen atoms in total. The molecule has 6 heteroatoms. The van der Waals surface area contributed by atoms with Gasteiger partial charge in [-0.25, -0.2) is 0 Å². The Balaban J connectivity index is 1.88. The minimum absolute atomic E-state index is 0.0659. The Morgan fingerprint density at radius 2 is 1.60 bits per heavy atom. The molecular formula is C24H16Cl2O4. The molecule has 3 aromatic carbocycles. The van der Waals surface area contributed by atoms with Crippen LogP contribution in [-0.2, 0) is 0 Å². The van der Waals surface area contributed by atoms with Gasteiger partial charge in [-0.05, 0) is 19.1 Å². The maximum absolute atomic E-state index is 13.3. The number of rotatable bonds is 5. The molecule has 0 aliphatic rings. The maximum Gasteiger partial charge on any atom is 0.235 e. The number of halogens is 2. The zero-order chi connectivity index (χ0) is 21.3. The lowest BCUT2D eigenvalue weighted by Crippen LogP contribution is -2.26. The molecule has 0 amide bonds. The van der Waals surface area contributed by atoms with Crippen LogP contribution in [0.4, 0.5) is 0 Å². The van der Waals surface area contributed by atoms with E-state index in [2.05, 4.69) is 0 Å². The second-order valence-corrected chi connectivity index (χ2v) is 7.55. The van der Waals surface area contributed by atoms with Gasteiger partial charge in [0.1, 0.15) is 0 Å². The van der Waals surface area contributed by atoms with Gasteiger partial charge >= 0.3 is 0 Å². The molecule has 1 unspecified atom stereocenters. The number of ketones is 1. The van der Waals surface area contributed by atoms with Crippen molar-refractivity contribution in [3.05, 3.63) is 98.6 Å². The van der Waals surface area contributed by atoms with Crippen molar-refractivity contribution in [3.63, 3.8) is 0 Å². The molecular weight excluding hydrogens is 423 g/mol. The molecule has 0 N–H and O–H groups in total. The van der Waals surface area contributed by atoms with Gasteiger partial charge in [0.15, 0.2) is 17.4 Å². The molecule has 0 aliphatic carbocycles. The van der Waals surface area contributed by atoms with Gasteiger partial charge in [-0.15, -0.1) is 0 Å². The first-order chi connectivity index (χ1) is 14.5.